The van der Waals surface area contributed by atoms with Crippen LogP contribution in [0.4, 0.5) is 0 Å². The highest BCUT2D eigenvalue weighted by Crippen LogP contribution is 2.41. The van der Waals surface area contributed by atoms with Gasteiger partial charge in [0.2, 0.25) is 5.78 Å². The van der Waals surface area contributed by atoms with Gasteiger partial charge in [-0.15, -0.1) is 0 Å². The minimum Gasteiger partial charge on any atom is -0.298 e. The minimum atomic E-state index is 0.0571. The second-order valence-corrected chi connectivity index (χ2v) is 6.18. The molecule has 0 fully saturated rings. The van der Waals surface area contributed by atoms with Crippen LogP contribution in [0.2, 0.25) is 0 Å². The molecule has 0 saturated carbocycles. The summed E-state index contributed by atoms with van der Waals surface area (Å²) >= 11 is 2.89. The molecule has 0 aromatic heterocycles. The summed E-state index contributed by atoms with van der Waals surface area (Å²) in [6.45, 7) is 0. The van der Waals surface area contributed by atoms with Crippen molar-refractivity contribution < 1.29 is 9.59 Å². The third kappa shape index (κ3) is 2.44. The molecule has 0 amide bonds. The van der Waals surface area contributed by atoms with Crippen molar-refractivity contribution in [2.24, 2.45) is 0 Å². The highest BCUT2D eigenvalue weighted by atomic mass is 32.2. The van der Waals surface area contributed by atoms with E-state index in [-0.39, 0.29) is 5.78 Å². The van der Waals surface area contributed by atoms with Gasteiger partial charge in [0.15, 0.2) is 6.29 Å². The number of allylic oxidation sites excluding steroid dienone is 1. The van der Waals surface area contributed by atoms with Gasteiger partial charge in [0.05, 0.1) is 4.91 Å². The molecule has 1 aliphatic heterocycles. The Kier molecular flexibility index (Phi) is 3.76. The zero-order valence-corrected chi connectivity index (χ0v) is 12.0. The summed E-state index contributed by atoms with van der Waals surface area (Å²) in [5, 5.41) is 1.83. The van der Waals surface area contributed by atoms with Crippen LogP contribution in [-0.4, -0.2) is 12.1 Å². The molecule has 1 heterocycles. The highest BCUT2D eigenvalue weighted by Gasteiger charge is 2.25. The molecule has 2 aromatic carbocycles. The van der Waals surface area contributed by atoms with Gasteiger partial charge in [-0.05, 0) is 23.6 Å². The molecule has 0 atom stereocenters. The lowest BCUT2D eigenvalue weighted by molar-refractivity contribution is 0.104. The third-order valence-corrected chi connectivity index (χ3v) is 5.14. The number of aldehydes is 1. The van der Waals surface area contributed by atoms with Gasteiger partial charge in [-0.25, -0.2) is 0 Å². The van der Waals surface area contributed by atoms with E-state index in [9.17, 15) is 9.59 Å². The Bertz CT molecular complexity index is 720. The average molecular weight is 298 g/mol. The molecule has 1 aliphatic rings. The largest absolute Gasteiger partial charge is 0.298 e. The quantitative estimate of drug-likeness (QED) is 0.477. The van der Waals surface area contributed by atoms with Gasteiger partial charge >= 0.3 is 0 Å². The molecule has 3 rings (SSSR count). The topological polar surface area (TPSA) is 34.1 Å². The number of rotatable bonds is 3. The summed E-state index contributed by atoms with van der Waals surface area (Å²) < 4.78 is 0. The van der Waals surface area contributed by atoms with Crippen LogP contribution in [0.3, 0.4) is 0 Å². The number of ketones is 1. The summed E-state index contributed by atoms with van der Waals surface area (Å²) in [7, 11) is 0. The van der Waals surface area contributed by atoms with Crippen molar-refractivity contribution in [3.8, 4) is 0 Å². The fraction of sp³-hybridized carbons (Fsp3) is 0. The van der Waals surface area contributed by atoms with Crippen LogP contribution in [0.25, 0.3) is 0 Å². The lowest BCUT2D eigenvalue weighted by Gasteiger charge is -2.00. The Morgan fingerprint density at radius 3 is 2.55 bits per heavy atom. The number of benzene rings is 2. The van der Waals surface area contributed by atoms with Gasteiger partial charge in [-0.1, -0.05) is 53.9 Å². The van der Waals surface area contributed by atoms with Crippen LogP contribution in [0.15, 0.2) is 68.6 Å². The van der Waals surface area contributed by atoms with Crippen molar-refractivity contribution in [2.75, 3.05) is 0 Å². The first-order valence-electron chi connectivity index (χ1n) is 6.02. The third-order valence-electron chi connectivity index (χ3n) is 2.91. The fourth-order valence-electron chi connectivity index (χ4n) is 1.92. The molecule has 0 bridgehead atoms. The molecule has 2 nitrogen and oxygen atoms in total. The number of hydrogen-bond donors (Lipinski definition) is 0. The van der Waals surface area contributed by atoms with Gasteiger partial charge in [0.1, 0.15) is 0 Å². The smallest absolute Gasteiger partial charge is 0.201 e. The van der Waals surface area contributed by atoms with E-state index in [0.29, 0.717) is 10.5 Å². The van der Waals surface area contributed by atoms with E-state index in [0.717, 1.165) is 21.6 Å². The summed E-state index contributed by atoms with van der Waals surface area (Å²) in [4.78, 5) is 25.7. The number of Topliss-reactive ketones (excluding diaryl/α,β-unsaturated/α-hetero) is 1. The van der Waals surface area contributed by atoms with Crippen LogP contribution in [0.1, 0.15) is 20.7 Å². The van der Waals surface area contributed by atoms with Gasteiger partial charge < -0.3 is 0 Å². The minimum absolute atomic E-state index is 0.0571. The fourth-order valence-corrected chi connectivity index (χ4v) is 3.86. The first-order chi connectivity index (χ1) is 9.79. The molecule has 0 N–H and O–H groups in total. The number of carbonyl (C=O) groups excluding carboxylic acids is 2. The SMILES string of the molecule is O=Cc1ccccc1S/C=C1/Sc2ccccc2C1=O. The van der Waals surface area contributed by atoms with Crippen LogP contribution in [0.5, 0.6) is 0 Å². The molecular weight excluding hydrogens is 288 g/mol. The highest BCUT2D eigenvalue weighted by molar-refractivity contribution is 8.07. The standard InChI is InChI=1S/C16H10O2S2/c17-9-11-5-1-3-7-13(11)19-10-15-16(18)12-6-2-4-8-14(12)20-15/h1-10H/b15-10+. The maximum atomic E-state index is 12.2. The number of hydrogen-bond acceptors (Lipinski definition) is 4. The Hall–Kier alpha value is -1.78. The summed E-state index contributed by atoms with van der Waals surface area (Å²) in [5.41, 5.74) is 1.40. The molecule has 0 unspecified atom stereocenters. The zero-order valence-electron chi connectivity index (χ0n) is 10.4. The summed E-state index contributed by atoms with van der Waals surface area (Å²) in [5.74, 6) is 0.0571. The molecule has 2 aromatic rings. The van der Waals surface area contributed by atoms with E-state index in [2.05, 4.69) is 0 Å². The molecule has 0 aliphatic carbocycles. The molecule has 4 heteroatoms. The van der Waals surface area contributed by atoms with E-state index in [1.807, 2.05) is 47.9 Å². The lowest BCUT2D eigenvalue weighted by Crippen LogP contribution is -1.93. The molecule has 0 radical (unpaired) electrons. The van der Waals surface area contributed by atoms with Crippen molar-refractivity contribution in [2.45, 2.75) is 9.79 Å². The maximum absolute atomic E-state index is 12.2. The van der Waals surface area contributed by atoms with Crippen molar-refractivity contribution in [1.82, 2.24) is 0 Å². The Labute approximate surface area is 125 Å². The predicted molar refractivity (Wildman–Crippen MR) is 82.4 cm³/mol. The van der Waals surface area contributed by atoms with E-state index in [1.54, 1.807) is 6.07 Å². The first-order valence-corrected chi connectivity index (χ1v) is 7.72. The van der Waals surface area contributed by atoms with E-state index in [1.165, 1.54) is 23.5 Å². The molecule has 0 saturated heterocycles. The second-order valence-electron chi connectivity index (χ2n) is 4.18. The van der Waals surface area contributed by atoms with Gasteiger partial charge in [-0.2, -0.15) is 0 Å². The summed E-state index contributed by atoms with van der Waals surface area (Å²) in [6, 6.07) is 14.9. The number of carbonyl (C=O) groups is 2. The predicted octanol–water partition coefficient (Wildman–Crippen LogP) is 4.42. The molecule has 98 valence electrons. The number of thioether (sulfide) groups is 2. The van der Waals surface area contributed by atoms with Gasteiger partial charge in [0, 0.05) is 20.9 Å². The van der Waals surface area contributed by atoms with Gasteiger partial charge in [0.25, 0.3) is 0 Å². The Morgan fingerprint density at radius 2 is 1.75 bits per heavy atom. The van der Waals surface area contributed by atoms with Crippen molar-refractivity contribution in [3.05, 3.63) is 70.0 Å². The van der Waals surface area contributed by atoms with Crippen LogP contribution in [-0.2, 0) is 0 Å². The van der Waals surface area contributed by atoms with Crippen molar-refractivity contribution >= 4 is 35.6 Å². The summed E-state index contributed by atoms with van der Waals surface area (Å²) in [6.07, 6.45) is 0.833. The van der Waals surface area contributed by atoms with E-state index < -0.39 is 0 Å². The normalized spacial score (nSPS) is 15.4. The zero-order chi connectivity index (χ0) is 13.9. The van der Waals surface area contributed by atoms with E-state index >= 15 is 0 Å². The Balaban J connectivity index is 1.85. The first kappa shape index (κ1) is 13.2. The number of fused-ring (bicyclic) bond motifs is 1. The lowest BCUT2D eigenvalue weighted by atomic mass is 10.1. The molecule has 0 spiro atoms. The maximum Gasteiger partial charge on any atom is 0.201 e. The Morgan fingerprint density at radius 1 is 1.00 bits per heavy atom. The van der Waals surface area contributed by atoms with Gasteiger partial charge in [-0.3, -0.25) is 9.59 Å². The average Bonchev–Trinajstić information content (AvgIpc) is 2.82. The second kappa shape index (κ2) is 5.69. The molecular formula is C16H10O2S2. The van der Waals surface area contributed by atoms with Crippen LogP contribution < -0.4 is 0 Å². The monoisotopic (exact) mass is 298 g/mol. The van der Waals surface area contributed by atoms with Crippen molar-refractivity contribution in [1.29, 1.82) is 0 Å². The van der Waals surface area contributed by atoms with Crippen LogP contribution in [0, 0.1) is 0 Å². The van der Waals surface area contributed by atoms with Crippen molar-refractivity contribution in [3.63, 3.8) is 0 Å². The molecule has 20 heavy (non-hydrogen) atoms. The van der Waals surface area contributed by atoms with E-state index in [4.69, 9.17) is 0 Å². The van der Waals surface area contributed by atoms with Crippen LogP contribution >= 0.6 is 23.5 Å².